The van der Waals surface area contributed by atoms with Gasteiger partial charge in [-0.3, -0.25) is 9.36 Å². The van der Waals surface area contributed by atoms with Gasteiger partial charge in [0.15, 0.2) is 10.6 Å². The lowest BCUT2D eigenvalue weighted by atomic mass is 10.1. The topological polar surface area (TPSA) is 64.2 Å². The first-order valence-corrected chi connectivity index (χ1v) is 10.5. The summed E-state index contributed by atoms with van der Waals surface area (Å²) in [5.41, 5.74) is 1.73. The van der Waals surface area contributed by atoms with Crippen LogP contribution < -0.4 is 20.2 Å². The number of benzene rings is 2. The van der Waals surface area contributed by atoms with Gasteiger partial charge in [0.05, 0.1) is 28.1 Å². The molecule has 1 aliphatic rings. The van der Waals surface area contributed by atoms with Crippen molar-refractivity contribution in [2.24, 2.45) is 4.99 Å². The number of thiazole rings is 1. The van der Waals surface area contributed by atoms with E-state index < -0.39 is 11.7 Å². The Hall–Kier alpha value is -3.66. The number of aryl methyl sites for hydroxylation is 1. The second-order valence-corrected chi connectivity index (χ2v) is 8.23. The number of rotatable bonds is 2. The number of fused-ring (bicyclic) bond motifs is 2. The summed E-state index contributed by atoms with van der Waals surface area (Å²) in [5, 5.41) is 7.83. The molecule has 0 amide bonds. The highest BCUT2D eigenvalue weighted by atomic mass is 32.1. The molecule has 0 fully saturated rings. The highest BCUT2D eigenvalue weighted by molar-refractivity contribution is 7.07. The van der Waals surface area contributed by atoms with E-state index in [0.29, 0.717) is 32.1 Å². The van der Waals surface area contributed by atoms with Gasteiger partial charge in [-0.2, -0.15) is 18.3 Å². The first-order chi connectivity index (χ1) is 15.3. The Balaban J connectivity index is 1.59. The minimum absolute atomic E-state index is 0.194. The van der Waals surface area contributed by atoms with Crippen molar-refractivity contribution in [1.82, 2.24) is 14.3 Å². The number of hydrogen-bond donors (Lipinski definition) is 1. The van der Waals surface area contributed by atoms with Crippen molar-refractivity contribution in [1.29, 1.82) is 0 Å². The van der Waals surface area contributed by atoms with Crippen LogP contribution in [0.2, 0.25) is 0 Å². The molecule has 10 heteroatoms. The third-order valence-corrected chi connectivity index (χ3v) is 6.07. The van der Waals surface area contributed by atoms with Crippen LogP contribution in [0.1, 0.15) is 16.8 Å². The lowest BCUT2D eigenvalue weighted by Crippen LogP contribution is -2.33. The number of hydrogen-bond acceptors (Lipinski definition) is 5. The van der Waals surface area contributed by atoms with Crippen molar-refractivity contribution in [2.45, 2.75) is 19.8 Å². The van der Waals surface area contributed by atoms with Crippen molar-refractivity contribution >= 4 is 28.9 Å². The van der Waals surface area contributed by atoms with Gasteiger partial charge in [0.2, 0.25) is 0 Å². The Morgan fingerprint density at radius 3 is 2.50 bits per heavy atom. The quantitative estimate of drug-likeness (QED) is 0.503. The van der Waals surface area contributed by atoms with Crippen LogP contribution in [0.4, 0.5) is 24.7 Å². The predicted molar refractivity (Wildman–Crippen MR) is 116 cm³/mol. The van der Waals surface area contributed by atoms with Crippen LogP contribution in [0.15, 0.2) is 64.4 Å². The van der Waals surface area contributed by atoms with Crippen molar-refractivity contribution < 1.29 is 13.2 Å². The van der Waals surface area contributed by atoms with Crippen LogP contribution in [0.5, 0.6) is 0 Å². The zero-order valence-corrected chi connectivity index (χ0v) is 17.5. The van der Waals surface area contributed by atoms with Gasteiger partial charge in [-0.25, -0.2) is 9.67 Å². The van der Waals surface area contributed by atoms with Gasteiger partial charge in [-0.15, -0.1) is 0 Å². The van der Waals surface area contributed by atoms with E-state index in [1.807, 2.05) is 37.3 Å². The number of halogens is 3. The van der Waals surface area contributed by atoms with Gasteiger partial charge in [0.25, 0.3) is 5.56 Å². The Bertz CT molecular complexity index is 1480. The second-order valence-electron chi connectivity index (χ2n) is 7.22. The van der Waals surface area contributed by atoms with Crippen LogP contribution in [0.3, 0.4) is 0 Å². The molecule has 0 unspecified atom stereocenters. The van der Waals surface area contributed by atoms with Gasteiger partial charge in [-0.05, 0) is 42.8 Å². The van der Waals surface area contributed by atoms with Crippen molar-refractivity contribution in [2.75, 3.05) is 5.32 Å². The summed E-state index contributed by atoms with van der Waals surface area (Å²) >= 11 is 1.19. The number of nitrogens with zero attached hydrogens (tertiary/aromatic N) is 4. The summed E-state index contributed by atoms with van der Waals surface area (Å²) in [6.07, 6.45) is -2.83. The number of aromatic nitrogens is 3. The average molecular weight is 455 g/mol. The molecule has 4 aromatic rings. The molecule has 6 nitrogen and oxygen atoms in total. The molecule has 2 aromatic carbocycles. The van der Waals surface area contributed by atoms with Crippen molar-refractivity contribution in [3.8, 4) is 5.69 Å². The molecule has 3 heterocycles. The van der Waals surface area contributed by atoms with E-state index in [9.17, 15) is 18.0 Å². The first-order valence-electron chi connectivity index (χ1n) is 9.67. The molecular formula is C22H16F3N5OS. The molecule has 0 saturated heterocycles. The molecule has 0 aliphatic carbocycles. The van der Waals surface area contributed by atoms with Crippen molar-refractivity contribution in [3.63, 3.8) is 0 Å². The van der Waals surface area contributed by atoms with Gasteiger partial charge in [-0.1, -0.05) is 41.7 Å². The Labute approximate surface area is 183 Å². The highest BCUT2D eigenvalue weighted by Crippen LogP contribution is 2.32. The van der Waals surface area contributed by atoms with Crippen LogP contribution in [0, 0.1) is 6.92 Å². The Morgan fingerprint density at radius 2 is 1.81 bits per heavy atom. The summed E-state index contributed by atoms with van der Waals surface area (Å²) < 4.78 is 42.0. The van der Waals surface area contributed by atoms with Crippen molar-refractivity contribution in [3.05, 3.63) is 91.1 Å². The molecule has 0 bridgehead atoms. The SMILES string of the molecule is Cc1nn(-c2ccccc2)c2c1N=c1s/c(=C\c3ccc(C(F)(F)F)cc3)c(=O)n1CN2. The smallest absolute Gasteiger partial charge is 0.350 e. The van der Waals surface area contributed by atoms with E-state index in [0.717, 1.165) is 17.8 Å². The first kappa shape index (κ1) is 20.3. The molecule has 162 valence electrons. The molecule has 5 rings (SSSR count). The average Bonchev–Trinajstić information content (AvgIpc) is 3.15. The lowest BCUT2D eigenvalue weighted by molar-refractivity contribution is -0.137. The summed E-state index contributed by atoms with van der Waals surface area (Å²) in [6, 6.07) is 14.3. The predicted octanol–water partition coefficient (Wildman–Crippen LogP) is 3.59. The minimum atomic E-state index is -4.40. The van der Waals surface area contributed by atoms with Crippen LogP contribution >= 0.6 is 11.3 Å². The van der Waals surface area contributed by atoms with E-state index in [1.54, 1.807) is 10.8 Å². The zero-order valence-electron chi connectivity index (χ0n) is 16.7. The molecule has 0 saturated carbocycles. The number of anilines is 1. The molecule has 0 spiro atoms. The molecular weight excluding hydrogens is 439 g/mol. The maximum absolute atomic E-state index is 12.9. The van der Waals surface area contributed by atoms with Gasteiger partial charge >= 0.3 is 6.18 Å². The Kier molecular flexibility index (Phi) is 4.74. The second kappa shape index (κ2) is 7.49. The number of nitrogens with one attached hydrogen (secondary N) is 1. The van der Waals surface area contributed by atoms with Crippen LogP contribution in [0.25, 0.3) is 11.8 Å². The van der Waals surface area contributed by atoms with E-state index in [4.69, 9.17) is 0 Å². The monoisotopic (exact) mass is 455 g/mol. The fourth-order valence-electron chi connectivity index (χ4n) is 3.47. The molecule has 0 atom stereocenters. The normalized spacial score (nSPS) is 13.7. The highest BCUT2D eigenvalue weighted by Gasteiger charge is 2.29. The molecule has 1 aliphatic heterocycles. The molecule has 1 N–H and O–H groups in total. The van der Waals surface area contributed by atoms with Gasteiger partial charge < -0.3 is 5.32 Å². The molecule has 32 heavy (non-hydrogen) atoms. The van der Waals surface area contributed by atoms with Gasteiger partial charge in [0.1, 0.15) is 5.69 Å². The zero-order chi connectivity index (χ0) is 22.5. The summed E-state index contributed by atoms with van der Waals surface area (Å²) in [7, 11) is 0. The maximum Gasteiger partial charge on any atom is 0.416 e. The number of alkyl halides is 3. The Morgan fingerprint density at radius 1 is 1.09 bits per heavy atom. The third kappa shape index (κ3) is 3.52. The third-order valence-electron chi connectivity index (χ3n) is 5.07. The van der Waals surface area contributed by atoms with Gasteiger partial charge in [0, 0.05) is 0 Å². The lowest BCUT2D eigenvalue weighted by Gasteiger charge is -2.09. The molecule has 2 aromatic heterocycles. The van der Waals surface area contributed by atoms with Crippen LogP contribution in [-0.2, 0) is 12.8 Å². The fraction of sp³-hybridized carbons (Fsp3) is 0.136. The van der Waals surface area contributed by atoms with E-state index >= 15 is 0 Å². The largest absolute Gasteiger partial charge is 0.416 e. The minimum Gasteiger partial charge on any atom is -0.350 e. The van der Waals surface area contributed by atoms with E-state index in [-0.39, 0.29) is 12.2 Å². The maximum atomic E-state index is 12.9. The van der Waals surface area contributed by atoms with E-state index in [1.165, 1.54) is 28.0 Å². The fourth-order valence-corrected chi connectivity index (χ4v) is 4.45. The van der Waals surface area contributed by atoms with E-state index in [2.05, 4.69) is 15.4 Å². The van der Waals surface area contributed by atoms with Crippen LogP contribution in [-0.4, -0.2) is 14.3 Å². The summed E-state index contributed by atoms with van der Waals surface area (Å²) in [6.45, 7) is 2.04. The summed E-state index contributed by atoms with van der Waals surface area (Å²) in [4.78, 5) is 18.1. The number of para-hydroxylation sites is 1. The standard InChI is InChI=1S/C22H16F3N5OS/c1-13-18-19(30(28-13)16-5-3-2-4-6-16)26-12-29-20(31)17(32-21(29)27-18)11-14-7-9-15(10-8-14)22(23,24)25/h2-11,26H,12H2,1H3/b17-11-. The molecule has 0 radical (unpaired) electrons. The summed E-state index contributed by atoms with van der Waals surface area (Å²) in [5.74, 6) is 0.692.